The van der Waals surface area contributed by atoms with Crippen LogP contribution in [-0.4, -0.2) is 34.1 Å². The molecule has 1 heterocycles. The summed E-state index contributed by atoms with van der Waals surface area (Å²) < 4.78 is 41.1. The molecule has 1 aliphatic heterocycles. The van der Waals surface area contributed by atoms with Gasteiger partial charge in [-0.15, -0.1) is 0 Å². The molecular formula is C29H24F3N3O3. The first-order chi connectivity index (χ1) is 18.1. The molecule has 2 aromatic rings. The highest BCUT2D eigenvalue weighted by atomic mass is 19.4. The average molecular weight is 520 g/mol. The Morgan fingerprint density at radius 2 is 1.89 bits per heavy atom. The van der Waals surface area contributed by atoms with Crippen LogP contribution in [-0.2, 0) is 22.3 Å². The maximum Gasteiger partial charge on any atom is 0.416 e. The summed E-state index contributed by atoms with van der Waals surface area (Å²) in [7, 11) is 0. The Labute approximate surface area is 217 Å². The number of alkyl halides is 3. The summed E-state index contributed by atoms with van der Waals surface area (Å²) in [5.74, 6) is -1.96. The number of allylic oxidation sites excluding steroid dienone is 4. The third kappa shape index (κ3) is 4.62. The molecule has 1 saturated carbocycles. The minimum Gasteiger partial charge on any atom is -0.481 e. The second-order valence-corrected chi connectivity index (χ2v) is 9.66. The van der Waals surface area contributed by atoms with E-state index in [0.717, 1.165) is 25.0 Å². The van der Waals surface area contributed by atoms with Crippen LogP contribution in [0.4, 0.5) is 18.9 Å². The van der Waals surface area contributed by atoms with Crippen LogP contribution < -0.4 is 0 Å². The van der Waals surface area contributed by atoms with E-state index in [1.54, 1.807) is 37.3 Å². The number of aliphatic imine (C=N–C) groups is 1. The quantitative estimate of drug-likeness (QED) is 0.484. The van der Waals surface area contributed by atoms with Gasteiger partial charge in [0, 0.05) is 36.1 Å². The zero-order chi connectivity index (χ0) is 27.2. The van der Waals surface area contributed by atoms with Gasteiger partial charge in [0.1, 0.15) is 6.07 Å². The summed E-state index contributed by atoms with van der Waals surface area (Å²) in [5, 5.41) is 19.9. The normalized spacial score (nSPS) is 18.2. The molecule has 1 atom stereocenters. The smallest absolute Gasteiger partial charge is 0.416 e. The van der Waals surface area contributed by atoms with Gasteiger partial charge in [0.15, 0.2) is 0 Å². The fourth-order valence-corrected chi connectivity index (χ4v) is 5.12. The number of benzene rings is 2. The lowest BCUT2D eigenvalue weighted by Crippen LogP contribution is -2.32. The molecule has 1 fully saturated rings. The Morgan fingerprint density at radius 1 is 1.16 bits per heavy atom. The van der Waals surface area contributed by atoms with Gasteiger partial charge in [-0.05, 0) is 54.7 Å². The molecule has 3 aliphatic rings. The van der Waals surface area contributed by atoms with Crippen molar-refractivity contribution in [3.8, 4) is 6.07 Å². The van der Waals surface area contributed by atoms with Gasteiger partial charge in [-0.2, -0.15) is 18.4 Å². The van der Waals surface area contributed by atoms with Crippen molar-refractivity contribution in [1.82, 2.24) is 4.90 Å². The van der Waals surface area contributed by atoms with Crippen molar-refractivity contribution in [2.24, 2.45) is 16.8 Å². The zero-order valence-corrected chi connectivity index (χ0v) is 20.5. The second-order valence-electron chi connectivity index (χ2n) is 9.66. The van der Waals surface area contributed by atoms with Crippen LogP contribution in [0.1, 0.15) is 48.4 Å². The number of aliphatic carboxylic acids is 1. The predicted octanol–water partition coefficient (Wildman–Crippen LogP) is 6.02. The highest BCUT2D eigenvalue weighted by molar-refractivity contribution is 6.35. The maximum atomic E-state index is 13.7. The number of halogens is 3. The largest absolute Gasteiger partial charge is 0.481 e. The minimum absolute atomic E-state index is 0.0579. The Balaban J connectivity index is 1.69. The number of amides is 1. The lowest BCUT2D eigenvalue weighted by atomic mass is 9.77. The number of carboxylic acids is 1. The molecule has 0 saturated heterocycles. The number of nitriles is 1. The van der Waals surface area contributed by atoms with Crippen LogP contribution >= 0.6 is 0 Å². The lowest BCUT2D eigenvalue weighted by Gasteiger charge is -2.27. The van der Waals surface area contributed by atoms with Crippen LogP contribution in [0.15, 0.2) is 59.1 Å². The summed E-state index contributed by atoms with van der Waals surface area (Å²) in [6.07, 6.45) is -1.75. The minimum atomic E-state index is -4.60. The molecule has 9 heteroatoms. The number of fused-ring (bicyclic) bond motifs is 3. The lowest BCUT2D eigenvalue weighted by molar-refractivity contribution is -0.138. The summed E-state index contributed by atoms with van der Waals surface area (Å²) in [6.45, 7) is 2.04. The highest BCUT2D eigenvalue weighted by Gasteiger charge is 2.38. The fraction of sp³-hybridized carbons (Fsp3) is 0.310. The zero-order valence-electron chi connectivity index (χ0n) is 20.5. The first-order valence-electron chi connectivity index (χ1n) is 12.4. The number of carbonyl (C=O) groups is 2. The molecule has 0 aromatic heterocycles. The van der Waals surface area contributed by atoms with Crippen LogP contribution in [0.5, 0.6) is 0 Å². The van der Waals surface area contributed by atoms with Gasteiger partial charge < -0.3 is 10.0 Å². The fourth-order valence-electron chi connectivity index (χ4n) is 5.12. The van der Waals surface area contributed by atoms with Crippen molar-refractivity contribution in [2.75, 3.05) is 6.54 Å². The molecule has 2 aromatic carbocycles. The van der Waals surface area contributed by atoms with Crippen molar-refractivity contribution < 1.29 is 27.9 Å². The van der Waals surface area contributed by atoms with Gasteiger partial charge in [-0.1, -0.05) is 30.3 Å². The first kappa shape index (κ1) is 25.5. The van der Waals surface area contributed by atoms with Crippen LogP contribution in [0.25, 0.3) is 11.1 Å². The Kier molecular flexibility index (Phi) is 6.43. The molecule has 5 rings (SSSR count). The molecule has 0 spiro atoms. The molecule has 1 N–H and O–H groups in total. The van der Waals surface area contributed by atoms with Gasteiger partial charge in [0.2, 0.25) is 5.91 Å². The summed E-state index contributed by atoms with van der Waals surface area (Å²) in [5.41, 5.74) is 2.56. The van der Waals surface area contributed by atoms with E-state index < -0.39 is 23.6 Å². The molecule has 2 aliphatic carbocycles. The number of para-hydroxylation sites is 1. The molecule has 1 amide bonds. The number of nitrogens with zero attached hydrogens (tertiary/aromatic N) is 3. The van der Waals surface area contributed by atoms with Gasteiger partial charge >= 0.3 is 12.1 Å². The van der Waals surface area contributed by atoms with Crippen LogP contribution in [0.3, 0.4) is 0 Å². The molecular weight excluding hydrogens is 495 g/mol. The van der Waals surface area contributed by atoms with E-state index in [9.17, 15) is 33.1 Å². The number of hydrogen-bond donors (Lipinski definition) is 1. The van der Waals surface area contributed by atoms with Crippen molar-refractivity contribution in [1.29, 1.82) is 5.26 Å². The van der Waals surface area contributed by atoms with E-state index in [1.165, 1.54) is 11.0 Å². The van der Waals surface area contributed by atoms with Crippen molar-refractivity contribution >= 4 is 34.4 Å². The summed E-state index contributed by atoms with van der Waals surface area (Å²) in [6, 6.07) is 12.6. The third-order valence-corrected chi connectivity index (χ3v) is 7.12. The summed E-state index contributed by atoms with van der Waals surface area (Å²) >= 11 is 0. The highest BCUT2D eigenvalue weighted by Crippen LogP contribution is 2.47. The number of carbonyl (C=O) groups excluding carboxylic acids is 1. The SMILES string of the molecule is CCN(Cc1cc(C(F)(F)F)ccc1C1=CC(CC(=O)O)C2=Nc3ccccc3C2=C1C#N)C(=O)C1CC1. The summed E-state index contributed by atoms with van der Waals surface area (Å²) in [4.78, 5) is 30.7. The number of carboxylic acid groups (broad SMARTS) is 1. The van der Waals surface area contributed by atoms with Crippen molar-refractivity contribution in [3.05, 3.63) is 76.4 Å². The van der Waals surface area contributed by atoms with Gasteiger partial charge in [-0.3, -0.25) is 14.6 Å². The Bertz CT molecular complexity index is 1480. The average Bonchev–Trinajstić information content (AvgIpc) is 3.66. The van der Waals surface area contributed by atoms with E-state index >= 15 is 0 Å². The van der Waals surface area contributed by atoms with Gasteiger partial charge in [-0.25, -0.2) is 0 Å². The van der Waals surface area contributed by atoms with Gasteiger partial charge in [0.05, 0.1) is 29.0 Å². The standard InChI is InChI=1S/C29H24F3N3O3/c1-2-35(28(38)16-7-8-16)15-18-11-19(29(30,31)32)9-10-20(18)22-12-17(13-25(36)37)27-26(23(22)14-33)21-5-3-4-6-24(21)34-27/h3-6,9-12,16-17H,2,7-8,13,15H2,1H3,(H,36,37). The van der Waals surface area contributed by atoms with Crippen molar-refractivity contribution in [2.45, 2.75) is 38.9 Å². The van der Waals surface area contributed by atoms with E-state index in [1.807, 2.05) is 0 Å². The van der Waals surface area contributed by atoms with E-state index in [-0.39, 0.29) is 35.9 Å². The topological polar surface area (TPSA) is 93.8 Å². The molecule has 194 valence electrons. The molecule has 38 heavy (non-hydrogen) atoms. The van der Waals surface area contributed by atoms with Crippen molar-refractivity contribution in [3.63, 3.8) is 0 Å². The Hall–Kier alpha value is -4.19. The molecule has 1 unspecified atom stereocenters. The predicted molar refractivity (Wildman–Crippen MR) is 135 cm³/mol. The monoisotopic (exact) mass is 519 g/mol. The number of hydrogen-bond acceptors (Lipinski definition) is 4. The maximum absolute atomic E-state index is 13.7. The van der Waals surface area contributed by atoms with Crippen LogP contribution in [0.2, 0.25) is 0 Å². The first-order valence-corrected chi connectivity index (χ1v) is 12.4. The molecule has 0 radical (unpaired) electrons. The van der Waals surface area contributed by atoms with Gasteiger partial charge in [0.25, 0.3) is 0 Å². The molecule has 6 nitrogen and oxygen atoms in total. The third-order valence-electron chi connectivity index (χ3n) is 7.12. The van der Waals surface area contributed by atoms with E-state index in [0.29, 0.717) is 40.2 Å². The Morgan fingerprint density at radius 3 is 2.53 bits per heavy atom. The van der Waals surface area contributed by atoms with Crippen LogP contribution in [0, 0.1) is 23.2 Å². The molecule has 0 bridgehead atoms. The number of rotatable bonds is 7. The van der Waals surface area contributed by atoms with E-state index in [2.05, 4.69) is 11.1 Å². The van der Waals surface area contributed by atoms with E-state index in [4.69, 9.17) is 0 Å². The second kappa shape index (κ2) is 9.60.